The zero-order valence-electron chi connectivity index (χ0n) is 11.0. The van der Waals surface area contributed by atoms with E-state index in [0.29, 0.717) is 17.4 Å². The highest BCUT2D eigenvalue weighted by Crippen LogP contribution is 2.36. The van der Waals surface area contributed by atoms with E-state index in [1.165, 1.54) is 12.1 Å². The third kappa shape index (κ3) is 3.47. The normalized spacial score (nSPS) is 10.8. The van der Waals surface area contributed by atoms with E-state index in [1.807, 2.05) is 6.92 Å². The Balaban J connectivity index is 2.61. The highest BCUT2D eigenvalue weighted by Gasteiger charge is 2.20. The van der Waals surface area contributed by atoms with Crippen molar-refractivity contribution in [3.63, 3.8) is 0 Å². The molecule has 0 unspecified atom stereocenters. The number of benzene rings is 1. The third-order valence-corrected chi connectivity index (χ3v) is 3.94. The molecular formula is C14H11BrCl2F2N2. The highest BCUT2D eigenvalue weighted by atomic mass is 79.9. The van der Waals surface area contributed by atoms with Crippen molar-refractivity contribution in [2.24, 2.45) is 0 Å². The van der Waals surface area contributed by atoms with Gasteiger partial charge in [0.15, 0.2) is 0 Å². The van der Waals surface area contributed by atoms with Crippen molar-refractivity contribution >= 4 is 44.9 Å². The molecule has 0 saturated carbocycles. The highest BCUT2D eigenvalue weighted by molar-refractivity contribution is 9.10. The minimum atomic E-state index is -0.756. The summed E-state index contributed by atoms with van der Waals surface area (Å²) in [6, 6.07) is 3.85. The number of anilines is 1. The van der Waals surface area contributed by atoms with Gasteiger partial charge < -0.3 is 5.32 Å². The summed E-state index contributed by atoms with van der Waals surface area (Å²) < 4.78 is 28.3. The topological polar surface area (TPSA) is 24.9 Å². The molecule has 1 aromatic heterocycles. The van der Waals surface area contributed by atoms with E-state index in [9.17, 15) is 8.78 Å². The number of rotatable bonds is 4. The fraction of sp³-hybridized carbons (Fsp3) is 0.214. The minimum absolute atomic E-state index is 0.0102. The molecule has 0 spiro atoms. The largest absolute Gasteiger partial charge is 0.369 e. The number of hydrogen-bond acceptors (Lipinski definition) is 2. The summed E-state index contributed by atoms with van der Waals surface area (Å²) in [7, 11) is 0. The lowest BCUT2D eigenvalue weighted by Gasteiger charge is -2.12. The molecule has 1 N–H and O–H groups in total. The first kappa shape index (κ1) is 16.5. The van der Waals surface area contributed by atoms with Crippen LogP contribution in [0.4, 0.5) is 14.6 Å². The molecule has 2 rings (SSSR count). The molecule has 0 bridgehead atoms. The Morgan fingerprint density at radius 2 is 1.95 bits per heavy atom. The number of aromatic nitrogens is 1. The van der Waals surface area contributed by atoms with Crippen LogP contribution in [0.1, 0.15) is 13.3 Å². The average Bonchev–Trinajstić information content (AvgIpc) is 2.44. The third-order valence-electron chi connectivity index (χ3n) is 2.75. The summed E-state index contributed by atoms with van der Waals surface area (Å²) in [5.74, 6) is -1.15. The molecule has 2 nitrogen and oxygen atoms in total. The summed E-state index contributed by atoms with van der Waals surface area (Å²) in [4.78, 5) is 4.17. The first-order valence-electron chi connectivity index (χ1n) is 6.19. The first-order chi connectivity index (χ1) is 9.95. The van der Waals surface area contributed by atoms with Crippen molar-refractivity contribution in [3.8, 4) is 11.3 Å². The van der Waals surface area contributed by atoms with Gasteiger partial charge in [-0.15, -0.1) is 0 Å². The maximum absolute atomic E-state index is 14.2. The quantitative estimate of drug-likeness (QED) is 0.650. The van der Waals surface area contributed by atoms with E-state index in [0.717, 1.165) is 12.5 Å². The molecule has 112 valence electrons. The van der Waals surface area contributed by atoms with E-state index in [2.05, 4.69) is 26.2 Å². The van der Waals surface area contributed by atoms with Crippen LogP contribution in [0.25, 0.3) is 11.3 Å². The molecule has 1 aromatic carbocycles. The Morgan fingerprint density at radius 3 is 2.62 bits per heavy atom. The van der Waals surface area contributed by atoms with Crippen LogP contribution in [-0.4, -0.2) is 11.5 Å². The van der Waals surface area contributed by atoms with Gasteiger partial charge in [-0.3, -0.25) is 0 Å². The lowest BCUT2D eigenvalue weighted by atomic mass is 10.1. The maximum atomic E-state index is 14.2. The van der Waals surface area contributed by atoms with Gasteiger partial charge in [0.2, 0.25) is 0 Å². The zero-order chi connectivity index (χ0) is 15.6. The van der Waals surface area contributed by atoms with E-state index >= 15 is 0 Å². The lowest BCUT2D eigenvalue weighted by Crippen LogP contribution is -2.04. The van der Waals surface area contributed by atoms with Crippen LogP contribution in [0.15, 0.2) is 22.7 Å². The Kier molecular flexibility index (Phi) is 5.41. The molecular weight excluding hydrogens is 385 g/mol. The van der Waals surface area contributed by atoms with E-state index in [1.54, 1.807) is 0 Å². The molecule has 1 heterocycles. The van der Waals surface area contributed by atoms with Crippen LogP contribution in [0.3, 0.4) is 0 Å². The molecule has 0 atom stereocenters. The van der Waals surface area contributed by atoms with Crippen molar-refractivity contribution in [3.05, 3.63) is 44.4 Å². The van der Waals surface area contributed by atoms with Crippen LogP contribution in [0.2, 0.25) is 10.0 Å². The molecule has 0 fully saturated rings. The number of hydrogen-bond donors (Lipinski definition) is 1. The Bertz CT molecular complexity index is 681. The predicted molar refractivity (Wildman–Crippen MR) is 86.1 cm³/mol. The first-order valence-corrected chi connectivity index (χ1v) is 7.74. The van der Waals surface area contributed by atoms with Gasteiger partial charge in [0.05, 0.1) is 25.8 Å². The number of nitrogens with zero attached hydrogens (tertiary/aromatic N) is 1. The molecule has 0 aliphatic heterocycles. The Hall–Kier alpha value is -0.910. The van der Waals surface area contributed by atoms with Crippen molar-refractivity contribution in [2.45, 2.75) is 13.3 Å². The smallest absolute Gasteiger partial charge is 0.149 e. The van der Waals surface area contributed by atoms with Gasteiger partial charge in [-0.2, -0.15) is 0 Å². The van der Waals surface area contributed by atoms with Gasteiger partial charge >= 0.3 is 0 Å². The van der Waals surface area contributed by atoms with E-state index in [4.69, 9.17) is 23.2 Å². The number of halogens is 5. The average molecular weight is 396 g/mol. The van der Waals surface area contributed by atoms with Gasteiger partial charge in [0.1, 0.15) is 17.5 Å². The second kappa shape index (κ2) is 6.90. The lowest BCUT2D eigenvalue weighted by molar-refractivity contribution is 0.584. The van der Waals surface area contributed by atoms with E-state index < -0.39 is 11.6 Å². The van der Waals surface area contributed by atoms with Crippen LogP contribution < -0.4 is 5.32 Å². The fourth-order valence-electron chi connectivity index (χ4n) is 1.75. The summed E-state index contributed by atoms with van der Waals surface area (Å²) in [5, 5.41) is 3.38. The van der Waals surface area contributed by atoms with Gasteiger partial charge in [0.25, 0.3) is 0 Å². The summed E-state index contributed by atoms with van der Waals surface area (Å²) >= 11 is 15.1. The van der Waals surface area contributed by atoms with Crippen molar-refractivity contribution in [1.29, 1.82) is 0 Å². The minimum Gasteiger partial charge on any atom is -0.369 e. The zero-order valence-corrected chi connectivity index (χ0v) is 14.1. The molecule has 2 aromatic rings. The Labute approximate surface area is 139 Å². The molecule has 7 heteroatoms. The van der Waals surface area contributed by atoms with Crippen molar-refractivity contribution in [2.75, 3.05) is 11.9 Å². The summed E-state index contributed by atoms with van der Waals surface area (Å²) in [6.45, 7) is 2.61. The molecule has 0 aliphatic carbocycles. The second-order valence-corrected chi connectivity index (χ2v) is 5.96. The van der Waals surface area contributed by atoms with Crippen LogP contribution in [0, 0.1) is 11.6 Å². The maximum Gasteiger partial charge on any atom is 0.149 e. The predicted octanol–water partition coefficient (Wildman–Crippen LogP) is 5.92. The molecule has 0 aliphatic rings. The SMILES string of the molecule is CCCNc1nc(-c2c(F)ccc(Br)c2F)c(Cl)cc1Cl. The molecule has 21 heavy (non-hydrogen) atoms. The number of pyridine rings is 1. The van der Waals surface area contributed by atoms with Crippen LogP contribution in [-0.2, 0) is 0 Å². The van der Waals surface area contributed by atoms with Gasteiger partial charge in [-0.05, 0) is 40.5 Å². The summed E-state index contributed by atoms with van der Waals surface area (Å²) in [6.07, 6.45) is 0.857. The summed E-state index contributed by atoms with van der Waals surface area (Å²) in [5.41, 5.74) is -0.276. The van der Waals surface area contributed by atoms with Crippen molar-refractivity contribution in [1.82, 2.24) is 4.98 Å². The van der Waals surface area contributed by atoms with Gasteiger partial charge in [-0.25, -0.2) is 13.8 Å². The van der Waals surface area contributed by atoms with Crippen molar-refractivity contribution < 1.29 is 8.78 Å². The standard InChI is InChI=1S/C14H11BrCl2F2N2/c1-2-5-20-14-9(17)6-8(16)13(21-14)11-10(18)4-3-7(15)12(11)19/h3-4,6H,2,5H2,1H3,(H,20,21). The molecule has 0 saturated heterocycles. The van der Waals surface area contributed by atoms with Gasteiger partial charge in [0, 0.05) is 6.54 Å². The molecule has 0 radical (unpaired) electrons. The molecule has 0 amide bonds. The van der Waals surface area contributed by atoms with Crippen LogP contribution >= 0.6 is 39.1 Å². The monoisotopic (exact) mass is 394 g/mol. The van der Waals surface area contributed by atoms with Gasteiger partial charge in [-0.1, -0.05) is 30.1 Å². The van der Waals surface area contributed by atoms with E-state index in [-0.39, 0.29) is 20.8 Å². The fourth-order valence-corrected chi connectivity index (χ4v) is 2.60. The second-order valence-electron chi connectivity index (χ2n) is 4.29. The van der Waals surface area contributed by atoms with Crippen LogP contribution in [0.5, 0.6) is 0 Å². The Morgan fingerprint density at radius 1 is 1.24 bits per heavy atom. The number of nitrogens with one attached hydrogen (secondary N) is 1.